The molecule has 5 nitrogen and oxygen atoms in total. The van der Waals surface area contributed by atoms with Gasteiger partial charge >= 0.3 is 5.92 Å². The van der Waals surface area contributed by atoms with Crippen LogP contribution in [0.25, 0.3) is 11.4 Å². The van der Waals surface area contributed by atoms with Crippen molar-refractivity contribution in [1.29, 1.82) is 0 Å². The maximum Gasteiger partial charge on any atom is 0.322 e. The summed E-state index contributed by atoms with van der Waals surface area (Å²) < 4.78 is 45.3. The molecule has 0 spiro atoms. The number of alkyl halides is 2. The van der Waals surface area contributed by atoms with Gasteiger partial charge < -0.3 is 9.42 Å². The molecule has 2 heterocycles. The van der Waals surface area contributed by atoms with Crippen molar-refractivity contribution in [2.75, 3.05) is 4.90 Å². The van der Waals surface area contributed by atoms with Crippen molar-refractivity contribution < 1.29 is 22.5 Å². The highest BCUT2D eigenvalue weighted by Crippen LogP contribution is 2.38. The zero-order valence-corrected chi connectivity index (χ0v) is 14.9. The molecule has 3 aromatic rings. The van der Waals surface area contributed by atoms with E-state index in [4.69, 9.17) is 0 Å². The number of anilines is 1. The lowest BCUT2D eigenvalue weighted by molar-refractivity contribution is -0.117. The molecule has 0 N–H and O–H groups in total. The normalized spacial score (nSPS) is 17.4. The third-order valence-electron chi connectivity index (χ3n) is 4.68. The van der Waals surface area contributed by atoms with Crippen LogP contribution in [0.2, 0.25) is 0 Å². The quantitative estimate of drug-likeness (QED) is 0.642. The Labute approximate surface area is 158 Å². The van der Waals surface area contributed by atoms with Gasteiger partial charge in [0.15, 0.2) is 0 Å². The van der Waals surface area contributed by atoms with Gasteiger partial charge in [0.2, 0.25) is 11.7 Å². The summed E-state index contributed by atoms with van der Waals surface area (Å²) in [6.45, 7) is 0.682. The van der Waals surface area contributed by atoms with Crippen molar-refractivity contribution in [3.05, 3.63) is 65.8 Å². The molecule has 28 heavy (non-hydrogen) atoms. The molecule has 1 aliphatic rings. The Morgan fingerprint density at radius 1 is 1.14 bits per heavy atom. The Morgan fingerprint density at radius 3 is 2.50 bits per heavy atom. The number of hydrogen-bond donors (Lipinski definition) is 0. The maximum absolute atomic E-state index is 14.2. The van der Waals surface area contributed by atoms with Gasteiger partial charge in [-0.25, -0.2) is 4.39 Å². The Hall–Kier alpha value is -3.16. The average molecular weight is 387 g/mol. The van der Waals surface area contributed by atoms with E-state index in [1.807, 2.05) is 0 Å². The number of halogens is 3. The lowest BCUT2D eigenvalue weighted by atomic mass is 10.0. The molecule has 0 radical (unpaired) electrons. The van der Waals surface area contributed by atoms with Crippen LogP contribution < -0.4 is 4.90 Å². The smallest absolute Gasteiger partial charge is 0.322 e. The lowest BCUT2D eigenvalue weighted by Crippen LogP contribution is -2.28. The maximum atomic E-state index is 14.2. The predicted molar refractivity (Wildman–Crippen MR) is 95.2 cm³/mol. The number of benzene rings is 2. The van der Waals surface area contributed by atoms with E-state index in [1.54, 1.807) is 42.5 Å². The van der Waals surface area contributed by atoms with Gasteiger partial charge in [0.25, 0.3) is 5.89 Å². The number of nitrogens with zero attached hydrogens (tertiary/aromatic N) is 3. The second kappa shape index (κ2) is 6.78. The van der Waals surface area contributed by atoms with Crippen molar-refractivity contribution in [2.24, 2.45) is 0 Å². The number of aromatic nitrogens is 2. The molecule has 1 aliphatic heterocycles. The average Bonchev–Trinajstić information content (AvgIpc) is 3.30. The van der Waals surface area contributed by atoms with Crippen molar-refractivity contribution in [3.63, 3.8) is 0 Å². The van der Waals surface area contributed by atoms with Gasteiger partial charge in [0.05, 0.1) is 11.7 Å². The first-order valence-electron chi connectivity index (χ1n) is 8.73. The van der Waals surface area contributed by atoms with Crippen LogP contribution in [0.4, 0.5) is 18.9 Å². The lowest BCUT2D eigenvalue weighted by Gasteiger charge is -2.25. The Kier molecular flexibility index (Phi) is 4.41. The van der Waals surface area contributed by atoms with Crippen molar-refractivity contribution in [3.8, 4) is 11.4 Å². The third kappa shape index (κ3) is 3.26. The summed E-state index contributed by atoms with van der Waals surface area (Å²) in [6, 6.07) is 12.7. The molecule has 1 amide bonds. The fourth-order valence-corrected chi connectivity index (χ4v) is 3.32. The number of hydrogen-bond acceptors (Lipinski definition) is 4. The summed E-state index contributed by atoms with van der Waals surface area (Å²) in [5.41, 5.74) is 1.55. The Bertz CT molecular complexity index is 1010. The molecular weight excluding hydrogens is 371 g/mol. The van der Waals surface area contributed by atoms with Crippen LogP contribution in [0.3, 0.4) is 0 Å². The van der Waals surface area contributed by atoms with Gasteiger partial charge in [0.1, 0.15) is 5.82 Å². The molecule has 1 fully saturated rings. The van der Waals surface area contributed by atoms with Crippen molar-refractivity contribution in [2.45, 2.75) is 31.7 Å². The molecular formula is C20H16F3N3O2. The molecule has 1 aromatic heterocycles. The molecule has 0 aliphatic carbocycles. The monoisotopic (exact) mass is 387 g/mol. The second-order valence-corrected chi connectivity index (χ2v) is 6.70. The first-order chi connectivity index (χ1) is 13.3. The zero-order chi connectivity index (χ0) is 19.9. The first-order valence-corrected chi connectivity index (χ1v) is 8.73. The summed E-state index contributed by atoms with van der Waals surface area (Å²) in [7, 11) is 0. The summed E-state index contributed by atoms with van der Waals surface area (Å²) in [4.78, 5) is 17.5. The molecule has 1 atom stereocenters. The Morgan fingerprint density at radius 2 is 1.86 bits per heavy atom. The fraction of sp³-hybridized carbons (Fsp3) is 0.250. The summed E-state index contributed by atoms with van der Waals surface area (Å²) in [5.74, 6) is -4.52. The molecule has 0 bridgehead atoms. The minimum atomic E-state index is -3.21. The van der Waals surface area contributed by atoms with Gasteiger partial charge in [-0.05, 0) is 24.1 Å². The van der Waals surface area contributed by atoms with Crippen LogP contribution in [0.1, 0.15) is 37.3 Å². The highest BCUT2D eigenvalue weighted by atomic mass is 19.3. The highest BCUT2D eigenvalue weighted by molar-refractivity contribution is 5.96. The fourth-order valence-electron chi connectivity index (χ4n) is 3.32. The predicted octanol–water partition coefficient (Wildman–Crippen LogP) is 4.86. The van der Waals surface area contributed by atoms with Gasteiger partial charge in [-0.3, -0.25) is 4.79 Å². The van der Waals surface area contributed by atoms with Gasteiger partial charge in [0, 0.05) is 18.9 Å². The standard InChI is InChI=1S/C20H16F3N3O2/c1-20(22,23)19-24-18(25-28-19)13-8-6-12(7-9-13)15-10-11-17(27)26(15)16-5-3-2-4-14(16)21/h2-9,15H,10-11H2,1H3. The summed E-state index contributed by atoms with van der Waals surface area (Å²) >= 11 is 0. The molecule has 1 saturated heterocycles. The van der Waals surface area contributed by atoms with E-state index in [0.717, 1.165) is 5.56 Å². The number of rotatable bonds is 4. The minimum absolute atomic E-state index is 0.0523. The number of para-hydroxylation sites is 1. The van der Waals surface area contributed by atoms with Gasteiger partial charge in [-0.1, -0.05) is 41.6 Å². The molecule has 144 valence electrons. The zero-order valence-electron chi connectivity index (χ0n) is 14.9. The van der Waals surface area contributed by atoms with Gasteiger partial charge in [-0.15, -0.1) is 0 Å². The number of carbonyl (C=O) groups is 1. The SMILES string of the molecule is CC(F)(F)c1nc(-c2ccc(C3CCC(=O)N3c3ccccc3F)cc2)no1. The minimum Gasteiger partial charge on any atom is -0.332 e. The van der Waals surface area contributed by atoms with E-state index in [9.17, 15) is 18.0 Å². The largest absolute Gasteiger partial charge is 0.332 e. The van der Waals surface area contributed by atoms with Crippen LogP contribution in [0, 0.1) is 5.82 Å². The first kappa shape index (κ1) is 18.2. The van der Waals surface area contributed by atoms with E-state index < -0.39 is 17.6 Å². The number of carbonyl (C=O) groups excluding carboxylic acids is 1. The van der Waals surface area contributed by atoms with Crippen molar-refractivity contribution in [1.82, 2.24) is 10.1 Å². The topological polar surface area (TPSA) is 59.2 Å². The van der Waals surface area contributed by atoms with E-state index in [-0.39, 0.29) is 23.5 Å². The van der Waals surface area contributed by atoms with E-state index in [0.29, 0.717) is 25.3 Å². The van der Waals surface area contributed by atoms with E-state index >= 15 is 0 Å². The van der Waals surface area contributed by atoms with E-state index in [1.165, 1.54) is 11.0 Å². The van der Waals surface area contributed by atoms with Crippen LogP contribution in [-0.4, -0.2) is 16.0 Å². The second-order valence-electron chi connectivity index (χ2n) is 6.70. The third-order valence-corrected chi connectivity index (χ3v) is 4.68. The van der Waals surface area contributed by atoms with Crippen LogP contribution >= 0.6 is 0 Å². The molecule has 4 rings (SSSR count). The molecule has 8 heteroatoms. The molecule has 2 aromatic carbocycles. The van der Waals surface area contributed by atoms with Gasteiger partial charge in [-0.2, -0.15) is 13.8 Å². The van der Waals surface area contributed by atoms with Crippen LogP contribution in [0.5, 0.6) is 0 Å². The molecule has 0 saturated carbocycles. The highest BCUT2D eigenvalue weighted by Gasteiger charge is 2.35. The number of amides is 1. The van der Waals surface area contributed by atoms with Crippen molar-refractivity contribution >= 4 is 11.6 Å². The summed E-state index contributed by atoms with van der Waals surface area (Å²) in [5, 5.41) is 3.59. The van der Waals surface area contributed by atoms with Crippen LogP contribution in [0.15, 0.2) is 53.1 Å². The summed E-state index contributed by atoms with van der Waals surface area (Å²) in [6.07, 6.45) is 0.876. The van der Waals surface area contributed by atoms with E-state index in [2.05, 4.69) is 14.7 Å². The molecule has 1 unspecified atom stereocenters. The Balaban J connectivity index is 1.62. The van der Waals surface area contributed by atoms with Crippen LogP contribution in [-0.2, 0) is 10.7 Å².